The minimum Gasteiger partial charge on any atom is -0.496 e. The third kappa shape index (κ3) is 4.98. The first-order chi connectivity index (χ1) is 15.3. The average Bonchev–Trinajstić information content (AvgIpc) is 2.78. The summed E-state index contributed by atoms with van der Waals surface area (Å²) in [5.74, 6) is -1.33. The lowest BCUT2D eigenvalue weighted by Gasteiger charge is -2.14. The number of methoxy groups -OCH3 is 2. The van der Waals surface area contributed by atoms with Crippen LogP contribution in [-0.4, -0.2) is 31.0 Å². The highest BCUT2D eigenvalue weighted by Gasteiger charge is 2.19. The van der Waals surface area contributed by atoms with Crippen molar-refractivity contribution in [2.45, 2.75) is 0 Å². The van der Waals surface area contributed by atoms with E-state index < -0.39 is 22.6 Å². The second-order valence-corrected chi connectivity index (χ2v) is 6.48. The molecule has 0 bridgehead atoms. The van der Waals surface area contributed by atoms with Crippen molar-refractivity contribution in [1.29, 1.82) is 0 Å². The van der Waals surface area contributed by atoms with Gasteiger partial charge in [-0.05, 0) is 42.5 Å². The number of hydrogen-bond acceptors (Lipinski definition) is 6. The Balaban J connectivity index is 1.87. The van der Waals surface area contributed by atoms with Crippen LogP contribution in [0, 0.1) is 15.9 Å². The number of carbonyl (C=O) groups is 2. The number of hydrogen-bond donors (Lipinski definition) is 2. The Bertz CT molecular complexity index is 1200. The molecular weight excluding hydrogens is 421 g/mol. The second-order valence-electron chi connectivity index (χ2n) is 6.48. The molecule has 2 amide bonds. The van der Waals surface area contributed by atoms with Gasteiger partial charge in [0.15, 0.2) is 0 Å². The number of nitro groups is 1. The molecule has 3 rings (SSSR count). The lowest BCUT2D eigenvalue weighted by atomic mass is 10.1. The van der Waals surface area contributed by atoms with E-state index in [0.717, 1.165) is 12.1 Å². The molecule has 3 aromatic rings. The molecular formula is C22H18FN3O6. The Morgan fingerprint density at radius 3 is 2.28 bits per heavy atom. The maximum atomic E-state index is 13.4. The van der Waals surface area contributed by atoms with Crippen LogP contribution in [0.25, 0.3) is 0 Å². The minimum absolute atomic E-state index is 0.0390. The third-order valence-electron chi connectivity index (χ3n) is 4.43. The summed E-state index contributed by atoms with van der Waals surface area (Å²) in [7, 11) is 2.74. The normalized spacial score (nSPS) is 10.2. The zero-order valence-electron chi connectivity index (χ0n) is 17.0. The highest BCUT2D eigenvalue weighted by Crippen LogP contribution is 2.30. The molecule has 0 atom stereocenters. The van der Waals surface area contributed by atoms with Crippen LogP contribution >= 0.6 is 0 Å². The molecule has 32 heavy (non-hydrogen) atoms. The van der Waals surface area contributed by atoms with E-state index in [-0.39, 0.29) is 33.9 Å². The van der Waals surface area contributed by atoms with Crippen molar-refractivity contribution in [2.75, 3.05) is 24.9 Å². The van der Waals surface area contributed by atoms with Crippen LogP contribution in [0.4, 0.5) is 21.5 Å². The molecule has 2 N–H and O–H groups in total. The summed E-state index contributed by atoms with van der Waals surface area (Å²) in [4.78, 5) is 35.6. The van der Waals surface area contributed by atoms with Crippen molar-refractivity contribution in [3.05, 3.63) is 87.7 Å². The van der Waals surface area contributed by atoms with Gasteiger partial charge in [0, 0.05) is 23.4 Å². The summed E-state index contributed by atoms with van der Waals surface area (Å²) in [5, 5.41) is 16.3. The van der Waals surface area contributed by atoms with Gasteiger partial charge in [0.1, 0.15) is 17.3 Å². The van der Waals surface area contributed by atoms with Crippen molar-refractivity contribution in [2.24, 2.45) is 0 Å². The second kappa shape index (κ2) is 9.56. The molecule has 10 heteroatoms. The van der Waals surface area contributed by atoms with E-state index in [0.29, 0.717) is 5.75 Å². The Morgan fingerprint density at radius 1 is 0.906 bits per heavy atom. The van der Waals surface area contributed by atoms with Crippen LogP contribution in [0.3, 0.4) is 0 Å². The molecule has 3 aromatic carbocycles. The number of anilines is 2. The fourth-order valence-corrected chi connectivity index (χ4v) is 2.89. The van der Waals surface area contributed by atoms with E-state index in [2.05, 4.69) is 10.6 Å². The van der Waals surface area contributed by atoms with Crippen LogP contribution in [0.1, 0.15) is 20.7 Å². The number of benzene rings is 3. The van der Waals surface area contributed by atoms with Crippen LogP contribution in [-0.2, 0) is 0 Å². The van der Waals surface area contributed by atoms with Gasteiger partial charge in [-0.3, -0.25) is 19.7 Å². The van der Waals surface area contributed by atoms with E-state index in [9.17, 15) is 24.1 Å². The van der Waals surface area contributed by atoms with Gasteiger partial charge in [0.2, 0.25) is 0 Å². The summed E-state index contributed by atoms with van der Waals surface area (Å²) >= 11 is 0. The van der Waals surface area contributed by atoms with Crippen LogP contribution in [0.5, 0.6) is 11.5 Å². The van der Waals surface area contributed by atoms with Crippen molar-refractivity contribution in [1.82, 2.24) is 0 Å². The van der Waals surface area contributed by atoms with E-state index in [1.54, 1.807) is 0 Å². The quantitative estimate of drug-likeness (QED) is 0.419. The van der Waals surface area contributed by atoms with Crippen LogP contribution in [0.15, 0.2) is 60.7 Å². The number of nitrogens with one attached hydrogen (secondary N) is 2. The number of nitrogens with zero attached hydrogens (tertiary/aromatic N) is 1. The first-order valence-electron chi connectivity index (χ1n) is 9.21. The van der Waals surface area contributed by atoms with Gasteiger partial charge >= 0.3 is 0 Å². The van der Waals surface area contributed by atoms with Gasteiger partial charge in [0.25, 0.3) is 17.5 Å². The van der Waals surface area contributed by atoms with Gasteiger partial charge in [-0.2, -0.15) is 0 Å². The van der Waals surface area contributed by atoms with Crippen molar-refractivity contribution in [3.63, 3.8) is 0 Å². The van der Waals surface area contributed by atoms with E-state index in [1.807, 2.05) is 0 Å². The molecule has 9 nitrogen and oxygen atoms in total. The standard InChI is InChI=1S/C22H18FN3O6/c1-31-19-9-7-16(26(29)30)12-17(19)22(28)24-15-6-8-20(32-2)18(11-15)25-21(27)13-4-3-5-14(23)10-13/h3-12H,1-2H3,(H,24,28)(H,25,27). The number of nitro benzene ring substituents is 1. The topological polar surface area (TPSA) is 120 Å². The molecule has 0 fully saturated rings. The van der Waals surface area contributed by atoms with E-state index >= 15 is 0 Å². The van der Waals surface area contributed by atoms with Crippen molar-refractivity contribution in [3.8, 4) is 11.5 Å². The monoisotopic (exact) mass is 439 g/mol. The zero-order chi connectivity index (χ0) is 23.3. The van der Waals surface area contributed by atoms with Crippen molar-refractivity contribution >= 4 is 28.9 Å². The summed E-state index contributed by atoms with van der Waals surface area (Å²) in [6.07, 6.45) is 0. The maximum absolute atomic E-state index is 13.4. The fraction of sp³-hybridized carbons (Fsp3) is 0.0909. The average molecular weight is 439 g/mol. The maximum Gasteiger partial charge on any atom is 0.270 e. The molecule has 0 aliphatic rings. The van der Waals surface area contributed by atoms with Crippen LogP contribution in [0.2, 0.25) is 0 Å². The molecule has 164 valence electrons. The highest BCUT2D eigenvalue weighted by molar-refractivity contribution is 6.08. The lowest BCUT2D eigenvalue weighted by Crippen LogP contribution is -2.15. The van der Waals surface area contributed by atoms with E-state index in [4.69, 9.17) is 9.47 Å². The summed E-state index contributed by atoms with van der Waals surface area (Å²) in [6, 6.07) is 13.3. The van der Waals surface area contributed by atoms with Gasteiger partial charge < -0.3 is 20.1 Å². The Morgan fingerprint density at radius 2 is 1.62 bits per heavy atom. The third-order valence-corrected chi connectivity index (χ3v) is 4.43. The first kappa shape index (κ1) is 22.2. The number of non-ortho nitro benzene ring substituents is 1. The summed E-state index contributed by atoms with van der Waals surface area (Å²) in [5.41, 5.74) is 0.295. The molecule has 0 spiro atoms. The lowest BCUT2D eigenvalue weighted by molar-refractivity contribution is -0.384. The molecule has 0 radical (unpaired) electrons. The first-order valence-corrected chi connectivity index (χ1v) is 9.21. The molecule has 0 saturated heterocycles. The summed E-state index contributed by atoms with van der Waals surface area (Å²) < 4.78 is 23.8. The predicted octanol–water partition coefficient (Wildman–Crippen LogP) is 4.26. The van der Waals surface area contributed by atoms with Gasteiger partial charge in [-0.15, -0.1) is 0 Å². The molecule has 0 unspecified atom stereocenters. The molecule has 0 aromatic heterocycles. The van der Waals surface area contributed by atoms with E-state index in [1.165, 1.54) is 62.8 Å². The number of rotatable bonds is 7. The molecule has 0 aliphatic heterocycles. The molecule has 0 aliphatic carbocycles. The number of halogens is 1. The molecule has 0 heterocycles. The predicted molar refractivity (Wildman–Crippen MR) is 115 cm³/mol. The number of ether oxygens (including phenoxy) is 2. The fourth-order valence-electron chi connectivity index (χ4n) is 2.89. The Hall–Kier alpha value is -4.47. The number of carbonyl (C=O) groups excluding carboxylic acids is 2. The van der Waals surface area contributed by atoms with Crippen LogP contribution < -0.4 is 20.1 Å². The zero-order valence-corrected chi connectivity index (χ0v) is 17.0. The largest absolute Gasteiger partial charge is 0.496 e. The van der Waals surface area contributed by atoms with Gasteiger partial charge in [-0.1, -0.05) is 6.07 Å². The molecule has 0 saturated carbocycles. The highest BCUT2D eigenvalue weighted by atomic mass is 19.1. The SMILES string of the molecule is COc1ccc(NC(=O)c2cc([N+](=O)[O-])ccc2OC)cc1NC(=O)c1cccc(F)c1. The van der Waals surface area contributed by atoms with Gasteiger partial charge in [-0.25, -0.2) is 4.39 Å². The Labute approximate surface area is 181 Å². The summed E-state index contributed by atoms with van der Waals surface area (Å²) in [6.45, 7) is 0. The smallest absolute Gasteiger partial charge is 0.270 e. The van der Waals surface area contributed by atoms with Gasteiger partial charge in [0.05, 0.1) is 30.4 Å². The Kier molecular flexibility index (Phi) is 6.64. The minimum atomic E-state index is -0.655. The number of amides is 2. The van der Waals surface area contributed by atoms with Crippen molar-refractivity contribution < 1.29 is 28.4 Å².